The second-order valence-corrected chi connectivity index (χ2v) is 3.17. The van der Waals surface area contributed by atoms with Crippen molar-refractivity contribution in [1.82, 2.24) is 9.55 Å². The Morgan fingerprint density at radius 2 is 2.45 bits per heavy atom. The van der Waals surface area contributed by atoms with E-state index in [1.54, 1.807) is 18.4 Å². The van der Waals surface area contributed by atoms with Crippen LogP contribution in [0.2, 0.25) is 0 Å². The molecule has 0 aliphatic rings. The molecule has 0 unspecified atom stereocenters. The Kier molecular flexibility index (Phi) is 1.35. The van der Waals surface area contributed by atoms with Crippen molar-refractivity contribution in [2.24, 2.45) is 7.05 Å². The zero-order valence-electron chi connectivity index (χ0n) is 6.37. The van der Waals surface area contributed by atoms with Crippen molar-refractivity contribution in [3.8, 4) is 5.88 Å². The highest BCUT2D eigenvalue weighted by Gasteiger charge is 2.06. The number of nitrogens with zero attached hydrogens (tertiary/aromatic N) is 2. The number of hydrogen-bond acceptors (Lipinski definition) is 3. The van der Waals surface area contributed by atoms with Crippen LogP contribution in [0.25, 0.3) is 10.3 Å². The van der Waals surface area contributed by atoms with Gasteiger partial charge in [0.2, 0.25) is 0 Å². The molecule has 0 radical (unpaired) electrons. The summed E-state index contributed by atoms with van der Waals surface area (Å²) in [7, 11) is 3.61. The molecule has 2 aromatic rings. The smallest absolute Gasteiger partial charge is 0.196 e. The average Bonchev–Trinajstić information content (AvgIpc) is 2.53. The van der Waals surface area contributed by atoms with Gasteiger partial charge in [-0.05, 0) is 0 Å². The molecule has 0 amide bonds. The summed E-state index contributed by atoms with van der Waals surface area (Å²) in [6, 6.07) is 1.99. The van der Waals surface area contributed by atoms with E-state index in [-0.39, 0.29) is 0 Å². The van der Waals surface area contributed by atoms with E-state index < -0.39 is 0 Å². The van der Waals surface area contributed by atoms with E-state index in [2.05, 4.69) is 4.98 Å². The van der Waals surface area contributed by atoms with E-state index in [1.807, 2.05) is 23.2 Å². The highest BCUT2D eigenvalue weighted by molar-refractivity contribution is 7.16. The van der Waals surface area contributed by atoms with Gasteiger partial charge in [0.15, 0.2) is 11.5 Å². The maximum absolute atomic E-state index is 5.12. The number of rotatable bonds is 1. The molecular weight excluding hydrogens is 160 g/mol. The molecule has 2 aromatic heterocycles. The fourth-order valence-electron chi connectivity index (χ4n) is 1.11. The first kappa shape index (κ1) is 6.67. The standard InChI is InChI=1S/C7H8N2OS/c1-9-6(10-2)3-5-7(9)8-4-11-5/h3-4H,1-2H3. The van der Waals surface area contributed by atoms with Gasteiger partial charge in [0.25, 0.3) is 0 Å². The van der Waals surface area contributed by atoms with Crippen LogP contribution in [-0.4, -0.2) is 16.7 Å². The minimum atomic E-state index is 0.861. The van der Waals surface area contributed by atoms with Crippen molar-refractivity contribution in [2.45, 2.75) is 0 Å². The molecule has 0 N–H and O–H groups in total. The van der Waals surface area contributed by atoms with Crippen LogP contribution in [-0.2, 0) is 7.05 Å². The molecular formula is C7H8N2OS. The lowest BCUT2D eigenvalue weighted by Gasteiger charge is -1.98. The molecule has 0 bridgehead atoms. The Bertz CT molecular complexity index is 377. The Hall–Kier alpha value is -1.03. The van der Waals surface area contributed by atoms with E-state index in [9.17, 15) is 0 Å². The van der Waals surface area contributed by atoms with Crippen LogP contribution < -0.4 is 4.74 Å². The van der Waals surface area contributed by atoms with Gasteiger partial charge in [-0.2, -0.15) is 0 Å². The zero-order valence-corrected chi connectivity index (χ0v) is 7.18. The molecule has 0 atom stereocenters. The first-order valence-corrected chi connectivity index (χ1v) is 4.14. The van der Waals surface area contributed by atoms with Crippen LogP contribution >= 0.6 is 11.3 Å². The number of aromatic nitrogens is 2. The van der Waals surface area contributed by atoms with E-state index in [0.29, 0.717) is 0 Å². The van der Waals surface area contributed by atoms with E-state index in [0.717, 1.165) is 11.5 Å². The molecule has 11 heavy (non-hydrogen) atoms. The summed E-state index contributed by atoms with van der Waals surface area (Å²) in [5.41, 5.74) is 2.83. The SMILES string of the molecule is COc1cc2scnc2n1C. The monoisotopic (exact) mass is 168 g/mol. The predicted molar refractivity (Wildman–Crippen MR) is 45.1 cm³/mol. The van der Waals surface area contributed by atoms with Gasteiger partial charge < -0.3 is 4.74 Å². The molecule has 2 heterocycles. The fourth-order valence-corrected chi connectivity index (χ4v) is 1.84. The van der Waals surface area contributed by atoms with E-state index >= 15 is 0 Å². The summed E-state index contributed by atoms with van der Waals surface area (Å²) in [5.74, 6) is 0.861. The molecule has 58 valence electrons. The summed E-state index contributed by atoms with van der Waals surface area (Å²) in [5, 5.41) is 0. The Morgan fingerprint density at radius 3 is 3.09 bits per heavy atom. The summed E-state index contributed by atoms with van der Waals surface area (Å²) >= 11 is 1.63. The molecule has 0 saturated carbocycles. The van der Waals surface area contributed by atoms with Crippen molar-refractivity contribution in [2.75, 3.05) is 7.11 Å². The van der Waals surface area contributed by atoms with E-state index in [1.165, 1.54) is 4.70 Å². The molecule has 2 rings (SSSR count). The number of hydrogen-bond donors (Lipinski definition) is 0. The van der Waals surface area contributed by atoms with Gasteiger partial charge in [-0.3, -0.25) is 4.57 Å². The summed E-state index contributed by atoms with van der Waals surface area (Å²) in [6.45, 7) is 0. The number of aryl methyl sites for hydroxylation is 1. The van der Waals surface area contributed by atoms with Crippen molar-refractivity contribution in [1.29, 1.82) is 0 Å². The maximum Gasteiger partial charge on any atom is 0.196 e. The van der Waals surface area contributed by atoms with Crippen LogP contribution in [0, 0.1) is 0 Å². The third-order valence-corrected chi connectivity index (χ3v) is 2.45. The normalized spacial score (nSPS) is 10.7. The average molecular weight is 168 g/mol. The lowest BCUT2D eigenvalue weighted by Crippen LogP contribution is -1.92. The van der Waals surface area contributed by atoms with Gasteiger partial charge in [0.1, 0.15) is 0 Å². The van der Waals surface area contributed by atoms with E-state index in [4.69, 9.17) is 4.74 Å². The minimum Gasteiger partial charge on any atom is -0.482 e. The second kappa shape index (κ2) is 2.23. The Labute approximate surface area is 68.2 Å². The molecule has 0 spiro atoms. The van der Waals surface area contributed by atoms with Crippen molar-refractivity contribution < 1.29 is 4.74 Å². The highest BCUT2D eigenvalue weighted by Crippen LogP contribution is 2.25. The van der Waals surface area contributed by atoms with Gasteiger partial charge in [-0.15, -0.1) is 11.3 Å². The third kappa shape index (κ3) is 0.826. The molecule has 0 aliphatic heterocycles. The lowest BCUT2D eigenvalue weighted by molar-refractivity contribution is 0.384. The fraction of sp³-hybridized carbons (Fsp3) is 0.286. The number of methoxy groups -OCH3 is 1. The van der Waals surface area contributed by atoms with Crippen molar-refractivity contribution in [3.63, 3.8) is 0 Å². The minimum absolute atomic E-state index is 0.861. The van der Waals surface area contributed by atoms with Gasteiger partial charge in [-0.25, -0.2) is 4.98 Å². The Balaban J connectivity index is 2.76. The number of thiazole rings is 1. The van der Waals surface area contributed by atoms with Crippen LogP contribution in [0.1, 0.15) is 0 Å². The molecule has 0 fully saturated rings. The quantitative estimate of drug-likeness (QED) is 0.647. The molecule has 0 aliphatic carbocycles. The van der Waals surface area contributed by atoms with Crippen LogP contribution in [0.4, 0.5) is 0 Å². The summed E-state index contributed by atoms with van der Waals surface area (Å²) in [4.78, 5) is 4.19. The number of fused-ring (bicyclic) bond motifs is 1. The van der Waals surface area contributed by atoms with Gasteiger partial charge in [0.05, 0.1) is 17.3 Å². The van der Waals surface area contributed by atoms with Gasteiger partial charge in [0, 0.05) is 13.1 Å². The largest absolute Gasteiger partial charge is 0.482 e. The predicted octanol–water partition coefficient (Wildman–Crippen LogP) is 1.64. The lowest BCUT2D eigenvalue weighted by atomic mass is 10.6. The molecule has 0 aromatic carbocycles. The molecule has 3 nitrogen and oxygen atoms in total. The number of ether oxygens (including phenoxy) is 1. The topological polar surface area (TPSA) is 27.1 Å². The van der Waals surface area contributed by atoms with Crippen molar-refractivity contribution >= 4 is 21.7 Å². The van der Waals surface area contributed by atoms with Crippen LogP contribution in [0.15, 0.2) is 11.6 Å². The zero-order chi connectivity index (χ0) is 7.84. The first-order valence-electron chi connectivity index (χ1n) is 3.26. The molecule has 0 saturated heterocycles. The first-order chi connectivity index (χ1) is 5.33. The van der Waals surface area contributed by atoms with Gasteiger partial charge in [-0.1, -0.05) is 0 Å². The molecule has 4 heteroatoms. The van der Waals surface area contributed by atoms with Crippen LogP contribution in [0.3, 0.4) is 0 Å². The third-order valence-electron chi connectivity index (χ3n) is 1.69. The van der Waals surface area contributed by atoms with Crippen LogP contribution in [0.5, 0.6) is 5.88 Å². The highest BCUT2D eigenvalue weighted by atomic mass is 32.1. The second-order valence-electron chi connectivity index (χ2n) is 2.29. The Morgan fingerprint density at radius 1 is 1.64 bits per heavy atom. The summed E-state index contributed by atoms with van der Waals surface area (Å²) < 4.78 is 8.22. The van der Waals surface area contributed by atoms with Crippen molar-refractivity contribution in [3.05, 3.63) is 11.6 Å². The van der Waals surface area contributed by atoms with Gasteiger partial charge >= 0.3 is 0 Å². The summed E-state index contributed by atoms with van der Waals surface area (Å²) in [6.07, 6.45) is 0. The maximum atomic E-state index is 5.12.